The van der Waals surface area contributed by atoms with Gasteiger partial charge in [-0.1, -0.05) is 35.5 Å². The highest BCUT2D eigenvalue weighted by Gasteiger charge is 2.51. The number of nitrogens with zero attached hydrogens (tertiary/aromatic N) is 3. The summed E-state index contributed by atoms with van der Waals surface area (Å²) in [5.74, 6) is 0.415. The fourth-order valence-corrected chi connectivity index (χ4v) is 3.96. The van der Waals surface area contributed by atoms with Gasteiger partial charge < -0.3 is 14.2 Å². The highest BCUT2D eigenvalue weighted by Crippen LogP contribution is 2.33. The van der Waals surface area contributed by atoms with Crippen molar-refractivity contribution in [2.24, 2.45) is 0 Å². The number of rotatable bonds is 3. The number of cyclic esters (lactones) is 1. The quantitative estimate of drug-likeness (QED) is 0.843. The molecule has 3 heterocycles. The first kappa shape index (κ1) is 16.6. The summed E-state index contributed by atoms with van der Waals surface area (Å²) in [6, 6.07) is 9.98. The summed E-state index contributed by atoms with van der Waals surface area (Å²) in [7, 11) is 0. The Morgan fingerprint density at radius 3 is 2.69 bits per heavy atom. The summed E-state index contributed by atoms with van der Waals surface area (Å²) in [6.45, 7) is 5.14. The van der Waals surface area contributed by atoms with Crippen LogP contribution in [0.3, 0.4) is 0 Å². The summed E-state index contributed by atoms with van der Waals surface area (Å²) >= 11 is 0. The van der Waals surface area contributed by atoms with Crippen molar-refractivity contribution < 1.29 is 18.8 Å². The number of amides is 2. The van der Waals surface area contributed by atoms with Crippen LogP contribution in [0.2, 0.25) is 0 Å². The predicted octanol–water partition coefficient (Wildman–Crippen LogP) is 2.18. The van der Waals surface area contributed by atoms with E-state index in [-0.39, 0.29) is 18.6 Å². The van der Waals surface area contributed by atoms with E-state index in [9.17, 15) is 9.59 Å². The van der Waals surface area contributed by atoms with E-state index in [1.54, 1.807) is 23.6 Å². The molecule has 2 saturated heterocycles. The van der Waals surface area contributed by atoms with E-state index < -0.39 is 5.54 Å². The lowest BCUT2D eigenvalue weighted by atomic mass is 9.88. The van der Waals surface area contributed by atoms with Crippen molar-refractivity contribution in [3.05, 3.63) is 52.9 Å². The van der Waals surface area contributed by atoms with E-state index >= 15 is 0 Å². The molecule has 1 aromatic carbocycles. The molecule has 0 saturated carbocycles. The molecule has 0 radical (unpaired) electrons. The molecule has 7 nitrogen and oxygen atoms in total. The van der Waals surface area contributed by atoms with Crippen LogP contribution in [0, 0.1) is 13.8 Å². The largest absolute Gasteiger partial charge is 0.447 e. The maximum absolute atomic E-state index is 13.0. The van der Waals surface area contributed by atoms with Crippen LogP contribution in [-0.2, 0) is 11.2 Å². The number of ether oxygens (including phenoxy) is 1. The van der Waals surface area contributed by atoms with E-state index in [1.165, 1.54) is 0 Å². The van der Waals surface area contributed by atoms with Crippen LogP contribution in [-0.4, -0.2) is 58.7 Å². The smallest absolute Gasteiger partial charge is 0.410 e. The highest BCUT2D eigenvalue weighted by atomic mass is 16.6. The molecule has 2 amide bonds. The van der Waals surface area contributed by atoms with E-state index in [1.807, 2.05) is 30.3 Å². The standard InChI is InChI=1S/C19H21N3O4/c1-13-16(14(2)26-20-13)17(23)21-8-9-22-18(24)25-12-19(22,11-21)10-15-6-4-3-5-7-15/h3-7H,8-12H2,1-2H3. The summed E-state index contributed by atoms with van der Waals surface area (Å²) < 4.78 is 10.5. The van der Waals surface area contributed by atoms with Crippen molar-refractivity contribution in [2.45, 2.75) is 25.8 Å². The van der Waals surface area contributed by atoms with Gasteiger partial charge in [0.2, 0.25) is 0 Å². The van der Waals surface area contributed by atoms with Crippen LogP contribution >= 0.6 is 0 Å². The monoisotopic (exact) mass is 355 g/mol. The molecule has 2 fully saturated rings. The van der Waals surface area contributed by atoms with Gasteiger partial charge in [-0.2, -0.15) is 0 Å². The third-order valence-electron chi connectivity index (χ3n) is 5.25. The third kappa shape index (κ3) is 2.64. The SMILES string of the molecule is Cc1noc(C)c1C(=O)N1CCN2C(=O)OCC2(Cc2ccccc2)C1. The van der Waals surface area contributed by atoms with E-state index in [0.717, 1.165) is 5.56 Å². The van der Waals surface area contributed by atoms with Gasteiger partial charge >= 0.3 is 6.09 Å². The Morgan fingerprint density at radius 1 is 1.23 bits per heavy atom. The Balaban J connectivity index is 1.63. The van der Waals surface area contributed by atoms with Gasteiger partial charge in [-0.25, -0.2) is 4.79 Å². The van der Waals surface area contributed by atoms with Crippen molar-refractivity contribution in [1.29, 1.82) is 0 Å². The van der Waals surface area contributed by atoms with Gasteiger partial charge in [0.25, 0.3) is 5.91 Å². The van der Waals surface area contributed by atoms with Crippen LogP contribution < -0.4 is 0 Å². The van der Waals surface area contributed by atoms with Crippen molar-refractivity contribution in [3.8, 4) is 0 Å². The lowest BCUT2D eigenvalue weighted by molar-refractivity contribution is 0.0373. The molecule has 7 heteroatoms. The normalized spacial score (nSPS) is 22.3. The second kappa shape index (κ2) is 6.16. The van der Waals surface area contributed by atoms with Crippen molar-refractivity contribution in [3.63, 3.8) is 0 Å². The Kier molecular flexibility index (Phi) is 3.94. The zero-order valence-electron chi connectivity index (χ0n) is 14.9. The molecule has 1 atom stereocenters. The number of carbonyl (C=O) groups is 2. The molecule has 0 N–H and O–H groups in total. The molecule has 2 aliphatic rings. The zero-order chi connectivity index (χ0) is 18.3. The van der Waals surface area contributed by atoms with Crippen molar-refractivity contribution in [1.82, 2.24) is 15.0 Å². The van der Waals surface area contributed by atoms with Gasteiger partial charge in [-0.3, -0.25) is 9.69 Å². The topological polar surface area (TPSA) is 75.9 Å². The average Bonchev–Trinajstić information content (AvgIpc) is 3.14. The molecule has 1 unspecified atom stereocenters. The third-order valence-corrected chi connectivity index (χ3v) is 5.25. The number of fused-ring (bicyclic) bond motifs is 1. The van der Waals surface area contributed by atoms with E-state index in [2.05, 4.69) is 5.16 Å². The number of benzene rings is 1. The molecule has 0 bridgehead atoms. The first-order valence-corrected chi connectivity index (χ1v) is 8.71. The molecule has 136 valence electrons. The summed E-state index contributed by atoms with van der Waals surface area (Å²) in [4.78, 5) is 28.8. The maximum atomic E-state index is 13.0. The second-order valence-corrected chi connectivity index (χ2v) is 7.02. The van der Waals surface area contributed by atoms with Crippen LogP contribution in [0.25, 0.3) is 0 Å². The molecule has 26 heavy (non-hydrogen) atoms. The van der Waals surface area contributed by atoms with Crippen LogP contribution in [0.15, 0.2) is 34.9 Å². The number of hydrogen-bond donors (Lipinski definition) is 0. The minimum atomic E-state index is -0.536. The molecule has 1 aromatic heterocycles. The Bertz CT molecular complexity index is 828. The van der Waals surface area contributed by atoms with E-state index in [4.69, 9.17) is 9.26 Å². The minimum Gasteiger partial charge on any atom is -0.447 e. The van der Waals surface area contributed by atoms with Crippen molar-refractivity contribution in [2.75, 3.05) is 26.2 Å². The first-order chi connectivity index (χ1) is 12.5. The fourth-order valence-electron chi connectivity index (χ4n) is 3.96. The maximum Gasteiger partial charge on any atom is 0.410 e. The van der Waals surface area contributed by atoms with Crippen LogP contribution in [0.5, 0.6) is 0 Å². The summed E-state index contributed by atoms with van der Waals surface area (Å²) in [5.41, 5.74) is 1.68. The van der Waals surface area contributed by atoms with Crippen LogP contribution in [0.1, 0.15) is 27.4 Å². The van der Waals surface area contributed by atoms with Gasteiger partial charge in [0, 0.05) is 26.1 Å². The Hall–Kier alpha value is -2.83. The molecular formula is C19H21N3O4. The summed E-state index contributed by atoms with van der Waals surface area (Å²) in [5, 5.41) is 3.88. The molecular weight excluding hydrogens is 334 g/mol. The fraction of sp³-hybridized carbons (Fsp3) is 0.421. The van der Waals surface area contributed by atoms with Gasteiger partial charge in [0.05, 0.1) is 5.69 Å². The molecule has 0 aliphatic carbocycles. The molecule has 2 aromatic rings. The number of aromatic nitrogens is 1. The Labute approximate surface area is 151 Å². The van der Waals surface area contributed by atoms with Gasteiger partial charge in [0.15, 0.2) is 0 Å². The van der Waals surface area contributed by atoms with E-state index in [0.29, 0.717) is 43.1 Å². The minimum absolute atomic E-state index is 0.104. The summed E-state index contributed by atoms with van der Waals surface area (Å²) in [6.07, 6.45) is 0.343. The highest BCUT2D eigenvalue weighted by molar-refractivity contribution is 5.96. The molecule has 2 aliphatic heterocycles. The van der Waals surface area contributed by atoms with Gasteiger partial charge in [0.1, 0.15) is 23.5 Å². The van der Waals surface area contributed by atoms with Crippen molar-refractivity contribution >= 4 is 12.0 Å². The lowest BCUT2D eigenvalue weighted by Crippen LogP contribution is -2.63. The number of carbonyl (C=O) groups excluding carboxylic acids is 2. The van der Waals surface area contributed by atoms with Gasteiger partial charge in [-0.05, 0) is 19.4 Å². The van der Waals surface area contributed by atoms with Gasteiger partial charge in [-0.15, -0.1) is 0 Å². The second-order valence-electron chi connectivity index (χ2n) is 7.02. The number of piperazine rings is 1. The average molecular weight is 355 g/mol. The van der Waals surface area contributed by atoms with Crippen LogP contribution in [0.4, 0.5) is 4.79 Å². The number of hydrogen-bond acceptors (Lipinski definition) is 5. The lowest BCUT2D eigenvalue weighted by Gasteiger charge is -2.44. The first-order valence-electron chi connectivity index (χ1n) is 8.71. The number of aryl methyl sites for hydroxylation is 2. The zero-order valence-corrected chi connectivity index (χ0v) is 14.9. The molecule has 0 spiro atoms. The Morgan fingerprint density at radius 2 is 2.00 bits per heavy atom. The molecule has 4 rings (SSSR count). The predicted molar refractivity (Wildman–Crippen MR) is 92.8 cm³/mol.